The minimum Gasteiger partial charge on any atom is -0.333 e. The third-order valence-electron chi connectivity index (χ3n) is 3.85. The van der Waals surface area contributed by atoms with Gasteiger partial charge in [0, 0.05) is 18.6 Å². The van der Waals surface area contributed by atoms with Crippen LogP contribution in [0.2, 0.25) is 0 Å². The number of hydrogen-bond donors (Lipinski definition) is 3. The Bertz CT molecular complexity index is 633. The maximum atomic E-state index is 4.64. The molecule has 0 aromatic heterocycles. The summed E-state index contributed by atoms with van der Waals surface area (Å²) in [5.41, 5.74) is 14.5. The van der Waals surface area contributed by atoms with E-state index in [-0.39, 0.29) is 0 Å². The fourth-order valence-electron chi connectivity index (χ4n) is 2.19. The van der Waals surface area contributed by atoms with Crippen LogP contribution in [-0.2, 0) is 6.42 Å². The van der Waals surface area contributed by atoms with Gasteiger partial charge in [0.2, 0.25) is 0 Å². The fraction of sp³-hybridized carbons (Fsp3) is 0.500. The van der Waals surface area contributed by atoms with Gasteiger partial charge in [0.15, 0.2) is 0 Å². The molecule has 0 fully saturated rings. The van der Waals surface area contributed by atoms with Crippen molar-refractivity contribution in [1.82, 2.24) is 5.43 Å². The zero-order valence-corrected chi connectivity index (χ0v) is 25.7. The molecule has 2 aromatic rings. The molecule has 0 atom stereocenters. The zero-order chi connectivity index (χ0) is 28.9. The minimum atomic E-state index is 0.994. The Morgan fingerprint density at radius 3 is 1.75 bits per heavy atom. The van der Waals surface area contributed by atoms with Crippen LogP contribution in [0, 0.1) is 19.3 Å². The van der Waals surface area contributed by atoms with Crippen molar-refractivity contribution in [2.24, 2.45) is 5.73 Å². The van der Waals surface area contributed by atoms with Crippen molar-refractivity contribution >= 4 is 17.3 Å². The average molecular weight is 520 g/mol. The van der Waals surface area contributed by atoms with Gasteiger partial charge in [0.05, 0.1) is 0 Å². The van der Waals surface area contributed by atoms with E-state index in [0.29, 0.717) is 0 Å². The van der Waals surface area contributed by atoms with E-state index in [1.54, 1.807) is 6.92 Å². The summed E-state index contributed by atoms with van der Waals surface area (Å²) in [6.07, 6.45) is 15.4. The molecule has 0 bridgehead atoms. The molecule has 0 saturated carbocycles. The molecule has 4 N–H and O–H groups in total. The smallest absolute Gasteiger partial charge is 0.0487 e. The summed E-state index contributed by atoms with van der Waals surface area (Å²) in [6, 6.07) is 18.8. The molecular formula is C32H58ClN3. The number of halogens is 1. The Kier molecular flexibility index (Phi) is 56.1. The number of terminal acetylenes is 1. The molecule has 0 aliphatic heterocycles. The maximum Gasteiger partial charge on any atom is 0.0487 e. The second-order valence-corrected chi connectivity index (χ2v) is 6.87. The topological polar surface area (TPSA) is 50.1 Å². The molecule has 0 aliphatic rings. The Morgan fingerprint density at radius 2 is 1.39 bits per heavy atom. The lowest BCUT2D eigenvalue weighted by Crippen LogP contribution is -2.21. The van der Waals surface area contributed by atoms with Crippen molar-refractivity contribution in [3.63, 3.8) is 0 Å². The van der Waals surface area contributed by atoms with E-state index >= 15 is 0 Å². The number of allylic oxidation sites excluding steroid dienone is 1. The van der Waals surface area contributed by atoms with Crippen molar-refractivity contribution in [2.45, 2.75) is 87.0 Å². The van der Waals surface area contributed by atoms with Crippen molar-refractivity contribution in [2.75, 3.05) is 25.4 Å². The first-order chi connectivity index (χ1) is 17.6. The summed E-state index contributed by atoms with van der Waals surface area (Å²) in [4.78, 5) is 0. The second kappa shape index (κ2) is 46.1. The summed E-state index contributed by atoms with van der Waals surface area (Å²) in [5.74, 6) is 2.25. The summed E-state index contributed by atoms with van der Waals surface area (Å²) in [6.45, 7) is 19.0. The lowest BCUT2D eigenvalue weighted by atomic mass is 10.1. The Hall–Kier alpha value is -2.25. The first-order valence-electron chi connectivity index (χ1n) is 13.1. The van der Waals surface area contributed by atoms with Gasteiger partial charge in [-0.05, 0) is 57.9 Å². The second-order valence-electron chi connectivity index (χ2n) is 6.87. The number of nitrogens with one attached hydrogen (secondary N) is 2. The van der Waals surface area contributed by atoms with Crippen molar-refractivity contribution < 1.29 is 0 Å². The van der Waals surface area contributed by atoms with Gasteiger partial charge in [-0.3, -0.25) is 0 Å². The number of hydrazine groups is 1. The van der Waals surface area contributed by atoms with E-state index in [1.165, 1.54) is 43.8 Å². The average Bonchev–Trinajstić information content (AvgIpc) is 2.94. The van der Waals surface area contributed by atoms with Crippen LogP contribution in [0.25, 0.3) is 0 Å². The quantitative estimate of drug-likeness (QED) is 0.102. The number of unbranched alkanes of at least 4 members (excludes halogenated alkanes) is 2. The maximum absolute atomic E-state index is 4.64. The molecule has 0 unspecified atom stereocenters. The molecule has 0 saturated heterocycles. The molecule has 36 heavy (non-hydrogen) atoms. The molecule has 2 rings (SSSR count). The number of hydrogen-bond acceptors (Lipinski definition) is 3. The van der Waals surface area contributed by atoms with Crippen LogP contribution in [0.5, 0.6) is 0 Å². The van der Waals surface area contributed by atoms with Gasteiger partial charge < -0.3 is 11.2 Å². The summed E-state index contributed by atoms with van der Waals surface area (Å²) in [7, 11) is 1.50. The van der Waals surface area contributed by atoms with Gasteiger partial charge in [-0.15, -0.1) is 30.5 Å². The number of aryl methyl sites for hydroxylation is 2. The predicted molar refractivity (Wildman–Crippen MR) is 171 cm³/mol. The Morgan fingerprint density at radius 1 is 0.917 bits per heavy atom. The van der Waals surface area contributed by atoms with Gasteiger partial charge in [-0.25, -0.2) is 5.43 Å². The molecule has 208 valence electrons. The molecule has 0 heterocycles. The van der Waals surface area contributed by atoms with Gasteiger partial charge in [0.1, 0.15) is 0 Å². The number of anilines is 1. The monoisotopic (exact) mass is 519 g/mol. The van der Waals surface area contributed by atoms with Gasteiger partial charge in [0.25, 0.3) is 0 Å². The highest BCUT2D eigenvalue weighted by atomic mass is 35.5. The molecule has 3 nitrogen and oxygen atoms in total. The van der Waals surface area contributed by atoms with E-state index < -0.39 is 0 Å². The van der Waals surface area contributed by atoms with Crippen molar-refractivity contribution in [1.29, 1.82) is 0 Å². The Labute approximate surface area is 231 Å². The van der Waals surface area contributed by atoms with Crippen LogP contribution < -0.4 is 16.6 Å². The summed E-state index contributed by atoms with van der Waals surface area (Å²) in [5, 5.41) is 0. The molecule has 0 aliphatic carbocycles. The highest BCUT2D eigenvalue weighted by molar-refractivity contribution is 6.15. The lowest BCUT2D eigenvalue weighted by molar-refractivity contribution is 0.761. The van der Waals surface area contributed by atoms with Gasteiger partial charge >= 0.3 is 0 Å². The van der Waals surface area contributed by atoms with Gasteiger partial charge in [-0.2, -0.15) is 0 Å². The molecule has 0 spiro atoms. The lowest BCUT2D eigenvalue weighted by Gasteiger charge is -2.06. The van der Waals surface area contributed by atoms with Gasteiger partial charge in [-0.1, -0.05) is 108 Å². The van der Waals surface area contributed by atoms with E-state index in [0.717, 1.165) is 31.5 Å². The molecule has 2 aromatic carbocycles. The van der Waals surface area contributed by atoms with E-state index in [4.69, 9.17) is 0 Å². The number of alkyl halides is 1. The van der Waals surface area contributed by atoms with Crippen LogP contribution in [0.4, 0.5) is 5.69 Å². The minimum absolute atomic E-state index is 0.994. The third kappa shape index (κ3) is 42.0. The zero-order valence-electron chi connectivity index (χ0n) is 25.0. The van der Waals surface area contributed by atoms with Crippen molar-refractivity contribution in [3.05, 3.63) is 78.4 Å². The number of benzene rings is 2. The van der Waals surface area contributed by atoms with Crippen LogP contribution >= 0.6 is 11.6 Å². The SMILES string of the molecule is C#CC.C=CCCc1ccccc1.CC.CCCCC.CCCNNc1ccc(C)cc1.CCl.CN. The van der Waals surface area contributed by atoms with E-state index in [1.807, 2.05) is 26.0 Å². The highest BCUT2D eigenvalue weighted by Crippen LogP contribution is 2.06. The predicted octanol–water partition coefficient (Wildman–Crippen LogP) is 9.42. The molecule has 0 radical (unpaired) electrons. The highest BCUT2D eigenvalue weighted by Gasteiger charge is 1.88. The number of nitrogens with two attached hydrogens (primary N) is 1. The van der Waals surface area contributed by atoms with Crippen LogP contribution in [-0.4, -0.2) is 20.0 Å². The normalized spacial score (nSPS) is 7.72. The van der Waals surface area contributed by atoms with E-state index in [2.05, 4.69) is 123 Å². The standard InChI is InChI=1S/C10H16N2.C10H12.C5H12.C3H4.C2H6.CH3Cl.CH5N/c1-3-8-11-12-10-6-4-9(2)5-7-10;1-2-3-7-10-8-5-4-6-9-10;1-3-5-4-2;1-3-2;3*1-2/h4-7,11-12H,3,8H2,1-2H3;2,4-6,8-9H,1,3,7H2;3-5H2,1-2H3;1H,2H3;1-2H3;1H3;2H2,1H3. The summed E-state index contributed by atoms with van der Waals surface area (Å²) >= 11 is 4.64. The van der Waals surface area contributed by atoms with Crippen LogP contribution in [0.1, 0.15) is 84.8 Å². The largest absolute Gasteiger partial charge is 0.333 e. The first-order valence-corrected chi connectivity index (χ1v) is 13.9. The number of rotatable bonds is 9. The molecular weight excluding hydrogens is 462 g/mol. The molecule has 0 amide bonds. The van der Waals surface area contributed by atoms with Crippen LogP contribution in [0.15, 0.2) is 67.3 Å². The summed E-state index contributed by atoms with van der Waals surface area (Å²) < 4.78 is 0. The Balaban J connectivity index is -0.000000120. The first kappa shape index (κ1) is 43.8. The fourth-order valence-corrected chi connectivity index (χ4v) is 2.19. The van der Waals surface area contributed by atoms with E-state index in [9.17, 15) is 0 Å². The third-order valence-corrected chi connectivity index (χ3v) is 3.85. The van der Waals surface area contributed by atoms with Crippen molar-refractivity contribution in [3.8, 4) is 12.3 Å². The van der Waals surface area contributed by atoms with Crippen LogP contribution in [0.3, 0.4) is 0 Å². The molecule has 4 heteroatoms.